The number of carbonyl (C=O) groups excluding carboxylic acids is 2. The fraction of sp³-hybridized carbons (Fsp3) is 0.333. The second-order valence-electron chi connectivity index (χ2n) is 6.51. The molecule has 0 radical (unpaired) electrons. The molecule has 2 aromatic rings. The van der Waals surface area contributed by atoms with E-state index in [2.05, 4.69) is 5.32 Å². The summed E-state index contributed by atoms with van der Waals surface area (Å²) in [6, 6.07) is 11.2. The molecule has 7 heteroatoms. The molecule has 0 heterocycles. The van der Waals surface area contributed by atoms with E-state index in [0.717, 1.165) is 24.1 Å². The Morgan fingerprint density at radius 1 is 1.07 bits per heavy atom. The minimum atomic E-state index is -4.57. The quantitative estimate of drug-likeness (QED) is 0.669. The summed E-state index contributed by atoms with van der Waals surface area (Å²) in [6.07, 6.45) is -4.86. The van der Waals surface area contributed by atoms with Crippen molar-refractivity contribution in [1.29, 1.82) is 0 Å². The average molecular weight is 393 g/mol. The van der Waals surface area contributed by atoms with Gasteiger partial charge < -0.3 is 10.1 Å². The van der Waals surface area contributed by atoms with Gasteiger partial charge in [0, 0.05) is 5.69 Å². The molecule has 150 valence electrons. The van der Waals surface area contributed by atoms with Crippen LogP contribution in [0.2, 0.25) is 0 Å². The van der Waals surface area contributed by atoms with Crippen LogP contribution in [0.1, 0.15) is 54.6 Å². The Morgan fingerprint density at radius 3 is 2.39 bits per heavy atom. The predicted molar refractivity (Wildman–Crippen MR) is 100 cm³/mol. The van der Waals surface area contributed by atoms with Gasteiger partial charge >= 0.3 is 12.1 Å². The lowest BCUT2D eigenvalue weighted by atomic mass is 9.97. The number of ether oxygens (including phenoxy) is 1. The van der Waals surface area contributed by atoms with Crippen LogP contribution < -0.4 is 5.32 Å². The molecule has 1 N–H and O–H groups in total. The Bertz CT molecular complexity index is 849. The van der Waals surface area contributed by atoms with E-state index >= 15 is 0 Å². The second kappa shape index (κ2) is 8.91. The van der Waals surface area contributed by atoms with Crippen molar-refractivity contribution in [2.24, 2.45) is 0 Å². The molecule has 2 rings (SSSR count). The summed E-state index contributed by atoms with van der Waals surface area (Å²) in [5.74, 6) is -1.33. The van der Waals surface area contributed by atoms with Crippen molar-refractivity contribution in [3.63, 3.8) is 0 Å². The molecule has 0 spiro atoms. The minimum absolute atomic E-state index is 0.222. The number of benzene rings is 2. The van der Waals surface area contributed by atoms with Gasteiger partial charge in [-0.25, -0.2) is 4.79 Å². The minimum Gasteiger partial charge on any atom is -0.449 e. The van der Waals surface area contributed by atoms with Crippen LogP contribution >= 0.6 is 0 Å². The normalized spacial score (nSPS) is 13.5. The second-order valence-corrected chi connectivity index (χ2v) is 6.51. The first-order chi connectivity index (χ1) is 13.1. The Hall–Kier alpha value is -2.83. The highest BCUT2D eigenvalue weighted by atomic mass is 19.4. The standard InChI is InChI=1S/C21H22F3NO3/c1-4-13(2)17-10-5-6-11-18(17)25-19(26)14(3)28-20(27)15-8-7-9-16(12-15)21(22,23)24/h5-14H,4H2,1-3H3,(H,25,26)/t13-,14-/m0/s1. The largest absolute Gasteiger partial charge is 0.449 e. The van der Waals surface area contributed by atoms with E-state index in [1.807, 2.05) is 26.0 Å². The van der Waals surface area contributed by atoms with E-state index < -0.39 is 29.7 Å². The number of carbonyl (C=O) groups is 2. The summed E-state index contributed by atoms with van der Waals surface area (Å²) in [7, 11) is 0. The monoisotopic (exact) mass is 393 g/mol. The third-order valence-electron chi connectivity index (χ3n) is 4.44. The van der Waals surface area contributed by atoms with E-state index in [-0.39, 0.29) is 11.5 Å². The number of nitrogens with one attached hydrogen (secondary N) is 1. The first-order valence-electron chi connectivity index (χ1n) is 8.91. The maximum absolute atomic E-state index is 12.8. The van der Waals surface area contributed by atoms with Gasteiger partial charge in [-0.15, -0.1) is 0 Å². The summed E-state index contributed by atoms with van der Waals surface area (Å²) >= 11 is 0. The highest BCUT2D eigenvalue weighted by Gasteiger charge is 2.31. The lowest BCUT2D eigenvalue weighted by molar-refractivity contribution is -0.137. The SMILES string of the molecule is CC[C@H](C)c1ccccc1NC(=O)[C@H](C)OC(=O)c1cccc(C(F)(F)F)c1. The van der Waals surface area contributed by atoms with Gasteiger partial charge in [-0.05, 0) is 49.1 Å². The highest BCUT2D eigenvalue weighted by molar-refractivity contribution is 5.97. The average Bonchev–Trinajstić information content (AvgIpc) is 2.67. The van der Waals surface area contributed by atoms with Gasteiger partial charge in [0.15, 0.2) is 6.10 Å². The summed E-state index contributed by atoms with van der Waals surface area (Å²) in [6.45, 7) is 5.43. The first kappa shape index (κ1) is 21.5. The molecule has 0 saturated heterocycles. The molecule has 0 unspecified atom stereocenters. The molecule has 2 atom stereocenters. The number of rotatable bonds is 6. The van der Waals surface area contributed by atoms with Gasteiger partial charge in [0.1, 0.15) is 0 Å². The molecular weight excluding hydrogens is 371 g/mol. The summed E-state index contributed by atoms with van der Waals surface area (Å²) in [5.41, 5.74) is 0.342. The summed E-state index contributed by atoms with van der Waals surface area (Å²) < 4.78 is 43.4. The number of hydrogen-bond acceptors (Lipinski definition) is 3. The zero-order valence-corrected chi connectivity index (χ0v) is 15.8. The summed E-state index contributed by atoms with van der Waals surface area (Å²) in [4.78, 5) is 24.5. The maximum atomic E-state index is 12.8. The van der Waals surface area contributed by atoms with E-state index in [0.29, 0.717) is 11.8 Å². The number of amides is 1. The molecular formula is C21H22F3NO3. The van der Waals surface area contributed by atoms with Crippen molar-refractivity contribution in [1.82, 2.24) is 0 Å². The third-order valence-corrected chi connectivity index (χ3v) is 4.44. The summed E-state index contributed by atoms with van der Waals surface area (Å²) in [5, 5.41) is 2.72. The lowest BCUT2D eigenvalue weighted by Gasteiger charge is -2.18. The number of hydrogen-bond donors (Lipinski definition) is 1. The van der Waals surface area contributed by atoms with Crippen LogP contribution in [0, 0.1) is 0 Å². The van der Waals surface area contributed by atoms with Crippen molar-refractivity contribution in [3.8, 4) is 0 Å². The molecule has 0 bridgehead atoms. The number of alkyl halides is 3. The predicted octanol–water partition coefficient (Wildman–Crippen LogP) is 5.40. The van der Waals surface area contributed by atoms with E-state index in [9.17, 15) is 22.8 Å². The molecule has 4 nitrogen and oxygen atoms in total. The van der Waals surface area contributed by atoms with Crippen LogP contribution in [-0.2, 0) is 15.7 Å². The molecule has 1 amide bonds. The van der Waals surface area contributed by atoms with E-state index in [1.165, 1.54) is 13.0 Å². The molecule has 0 saturated carbocycles. The van der Waals surface area contributed by atoms with Crippen LogP contribution in [0.3, 0.4) is 0 Å². The number of anilines is 1. The highest BCUT2D eigenvalue weighted by Crippen LogP contribution is 2.30. The molecule has 0 aliphatic heterocycles. The zero-order chi connectivity index (χ0) is 20.9. The van der Waals surface area contributed by atoms with Gasteiger partial charge in [0.2, 0.25) is 0 Å². The fourth-order valence-corrected chi connectivity index (χ4v) is 2.60. The lowest BCUT2D eigenvalue weighted by Crippen LogP contribution is -2.30. The van der Waals surface area contributed by atoms with Crippen molar-refractivity contribution in [2.45, 2.75) is 45.4 Å². The molecule has 0 fully saturated rings. The smallest absolute Gasteiger partial charge is 0.416 e. The first-order valence-corrected chi connectivity index (χ1v) is 8.91. The number of esters is 1. The molecule has 2 aromatic carbocycles. The van der Waals surface area contributed by atoms with Crippen LogP contribution in [0.15, 0.2) is 48.5 Å². The van der Waals surface area contributed by atoms with Crippen LogP contribution in [0.25, 0.3) is 0 Å². The van der Waals surface area contributed by atoms with Gasteiger partial charge in [-0.1, -0.05) is 38.1 Å². The Morgan fingerprint density at radius 2 is 1.75 bits per heavy atom. The molecule has 28 heavy (non-hydrogen) atoms. The van der Waals surface area contributed by atoms with Gasteiger partial charge in [-0.3, -0.25) is 4.79 Å². The van der Waals surface area contributed by atoms with E-state index in [1.54, 1.807) is 12.1 Å². The maximum Gasteiger partial charge on any atom is 0.416 e. The Labute approximate surface area is 161 Å². The third kappa shape index (κ3) is 5.34. The van der Waals surface area contributed by atoms with Crippen LogP contribution in [0.4, 0.5) is 18.9 Å². The van der Waals surface area contributed by atoms with Gasteiger partial charge in [0.25, 0.3) is 5.91 Å². The van der Waals surface area contributed by atoms with Crippen molar-refractivity contribution in [2.75, 3.05) is 5.32 Å². The zero-order valence-electron chi connectivity index (χ0n) is 15.8. The molecule has 0 aliphatic carbocycles. The topological polar surface area (TPSA) is 55.4 Å². The Balaban J connectivity index is 2.08. The number of halogens is 3. The molecule has 0 aliphatic rings. The van der Waals surface area contributed by atoms with Crippen molar-refractivity contribution >= 4 is 17.6 Å². The van der Waals surface area contributed by atoms with Crippen LogP contribution in [-0.4, -0.2) is 18.0 Å². The van der Waals surface area contributed by atoms with Crippen LogP contribution in [0.5, 0.6) is 0 Å². The van der Waals surface area contributed by atoms with Gasteiger partial charge in [0.05, 0.1) is 11.1 Å². The Kier molecular flexibility index (Phi) is 6.83. The number of para-hydroxylation sites is 1. The van der Waals surface area contributed by atoms with Crippen molar-refractivity contribution < 1.29 is 27.5 Å². The van der Waals surface area contributed by atoms with E-state index in [4.69, 9.17) is 4.74 Å². The van der Waals surface area contributed by atoms with Gasteiger partial charge in [-0.2, -0.15) is 13.2 Å². The fourth-order valence-electron chi connectivity index (χ4n) is 2.60. The van der Waals surface area contributed by atoms with Crippen molar-refractivity contribution in [3.05, 3.63) is 65.2 Å². The molecule has 0 aromatic heterocycles.